The summed E-state index contributed by atoms with van der Waals surface area (Å²) in [6.45, 7) is 2.14. The highest BCUT2D eigenvalue weighted by Gasteiger charge is 2.24. The molecule has 1 rings (SSSR count). The topological polar surface area (TPSA) is 55.3 Å². The number of nitrogens with zero attached hydrogens (tertiary/aromatic N) is 2. The van der Waals surface area contributed by atoms with Gasteiger partial charge < -0.3 is 27.1 Å². The molecule has 0 radical (unpaired) electrons. The van der Waals surface area contributed by atoms with Crippen molar-refractivity contribution in [1.29, 1.82) is 0 Å². The predicted octanol–water partition coefficient (Wildman–Crippen LogP) is 1.23. The van der Waals surface area contributed by atoms with E-state index in [1.54, 1.807) is 30.2 Å². The standard InChI is InChI=1S/C8H12N2O3.BF4/c1-3-13-7(8(11)12)10-5-4-9(2)6-10;2-1(3,4)5/h4-7H,3H2,1-2H3;/q;-1/p+1. The summed E-state index contributed by atoms with van der Waals surface area (Å²) in [6, 6.07) is 0. The van der Waals surface area contributed by atoms with Gasteiger partial charge in [-0.15, -0.1) is 0 Å². The van der Waals surface area contributed by atoms with Crippen molar-refractivity contribution >= 4 is 13.2 Å². The molecule has 1 heterocycles. The lowest BCUT2D eigenvalue weighted by Crippen LogP contribution is -2.44. The number of carbonyl (C=O) groups is 1. The lowest BCUT2D eigenvalue weighted by Gasteiger charge is -2.07. The van der Waals surface area contributed by atoms with Crippen molar-refractivity contribution < 1.29 is 36.5 Å². The maximum Gasteiger partial charge on any atom is 0.673 e. The number of aryl methyl sites for hydroxylation is 1. The van der Waals surface area contributed by atoms with Gasteiger partial charge in [0, 0.05) is 6.61 Å². The Hall–Kier alpha value is -1.58. The van der Waals surface area contributed by atoms with Crippen LogP contribution in [0.5, 0.6) is 0 Å². The number of rotatable bonds is 4. The van der Waals surface area contributed by atoms with E-state index < -0.39 is 19.5 Å². The monoisotopic (exact) mass is 272 g/mol. The minimum Gasteiger partial charge on any atom is -0.476 e. The smallest absolute Gasteiger partial charge is 0.476 e. The van der Waals surface area contributed by atoms with Crippen molar-refractivity contribution in [3.63, 3.8) is 0 Å². The number of hydrogen-bond acceptors (Lipinski definition) is 2. The first-order valence-electron chi connectivity index (χ1n) is 4.89. The second kappa shape index (κ2) is 6.99. The number of hydrogen-bond donors (Lipinski definition) is 1. The van der Waals surface area contributed by atoms with Crippen LogP contribution in [0.2, 0.25) is 0 Å². The SMILES string of the molecule is CCOC(C(=O)O)[n+]1ccn(C)c1.F[B-](F)(F)F. The molecule has 0 aliphatic heterocycles. The molecule has 1 atom stereocenters. The highest BCUT2D eigenvalue weighted by Crippen LogP contribution is 2.06. The van der Waals surface area contributed by atoms with Crippen molar-refractivity contribution in [2.75, 3.05) is 6.61 Å². The van der Waals surface area contributed by atoms with Gasteiger partial charge in [-0.25, -0.2) is 9.36 Å². The number of ether oxygens (including phenoxy) is 1. The second-order valence-corrected chi connectivity index (χ2v) is 3.17. The fourth-order valence-electron chi connectivity index (χ4n) is 1.05. The van der Waals surface area contributed by atoms with Crippen molar-refractivity contribution in [2.24, 2.45) is 7.05 Å². The zero-order valence-electron chi connectivity index (χ0n) is 9.76. The highest BCUT2D eigenvalue weighted by atomic mass is 19.5. The summed E-state index contributed by atoms with van der Waals surface area (Å²) in [7, 11) is -4.18. The van der Waals surface area contributed by atoms with E-state index in [0.29, 0.717) is 6.61 Å². The molecule has 0 aliphatic carbocycles. The largest absolute Gasteiger partial charge is 0.673 e. The van der Waals surface area contributed by atoms with Gasteiger partial charge in [0.15, 0.2) is 0 Å². The molecule has 104 valence electrons. The molecule has 18 heavy (non-hydrogen) atoms. The van der Waals surface area contributed by atoms with Crippen molar-refractivity contribution in [3.05, 3.63) is 18.7 Å². The average molecular weight is 272 g/mol. The number of carboxylic acids is 1. The van der Waals surface area contributed by atoms with Gasteiger partial charge >= 0.3 is 19.5 Å². The molecule has 10 heteroatoms. The molecule has 0 bridgehead atoms. The zero-order valence-corrected chi connectivity index (χ0v) is 9.76. The molecule has 1 aromatic heterocycles. The van der Waals surface area contributed by atoms with Crippen LogP contribution in [0.1, 0.15) is 13.2 Å². The summed E-state index contributed by atoms with van der Waals surface area (Å²) in [5, 5.41) is 8.81. The van der Waals surface area contributed by atoms with Gasteiger partial charge in [0.25, 0.3) is 0 Å². The number of aliphatic carboxylic acids is 1. The Morgan fingerprint density at radius 1 is 1.50 bits per heavy atom. The number of aromatic nitrogens is 2. The van der Waals surface area contributed by atoms with E-state index in [2.05, 4.69) is 0 Å². The van der Waals surface area contributed by atoms with Gasteiger partial charge in [-0.3, -0.25) is 0 Å². The third kappa shape index (κ3) is 7.66. The fourth-order valence-corrected chi connectivity index (χ4v) is 1.05. The van der Waals surface area contributed by atoms with E-state index in [-0.39, 0.29) is 0 Å². The lowest BCUT2D eigenvalue weighted by atomic mass is 10.3. The van der Waals surface area contributed by atoms with E-state index in [1.165, 1.54) is 4.57 Å². The Morgan fingerprint density at radius 2 is 2.00 bits per heavy atom. The van der Waals surface area contributed by atoms with Gasteiger partial charge in [-0.2, -0.15) is 4.57 Å². The van der Waals surface area contributed by atoms with Crippen molar-refractivity contribution in [3.8, 4) is 0 Å². The molecular formula is C8H13BF4N2O3. The molecule has 0 fully saturated rings. The first-order chi connectivity index (χ1) is 8.15. The summed E-state index contributed by atoms with van der Waals surface area (Å²) >= 11 is 0. The van der Waals surface area contributed by atoms with Crippen LogP contribution in [-0.2, 0) is 16.6 Å². The van der Waals surface area contributed by atoms with E-state index in [9.17, 15) is 22.1 Å². The summed E-state index contributed by atoms with van der Waals surface area (Å²) < 4.78 is 47.3. The van der Waals surface area contributed by atoms with Crippen LogP contribution >= 0.6 is 0 Å². The maximum absolute atomic E-state index is 10.7. The minimum atomic E-state index is -6.00. The Balaban J connectivity index is 0.000000494. The summed E-state index contributed by atoms with van der Waals surface area (Å²) in [4.78, 5) is 10.7. The Labute approximate surface area is 101 Å². The van der Waals surface area contributed by atoms with Gasteiger partial charge in [0.2, 0.25) is 6.33 Å². The van der Waals surface area contributed by atoms with Crippen LogP contribution in [0.15, 0.2) is 18.7 Å². The molecule has 0 saturated heterocycles. The van der Waals surface area contributed by atoms with Crippen LogP contribution in [0.3, 0.4) is 0 Å². The molecule has 0 aromatic carbocycles. The first-order valence-corrected chi connectivity index (χ1v) is 4.89. The van der Waals surface area contributed by atoms with Gasteiger partial charge in [0.05, 0.1) is 7.05 Å². The third-order valence-corrected chi connectivity index (χ3v) is 1.60. The van der Waals surface area contributed by atoms with Gasteiger partial charge in [0.1, 0.15) is 12.4 Å². The summed E-state index contributed by atoms with van der Waals surface area (Å²) in [5.74, 6) is -0.988. The quantitative estimate of drug-likeness (QED) is 0.509. The molecular weight excluding hydrogens is 259 g/mol. The summed E-state index contributed by atoms with van der Waals surface area (Å²) in [6.07, 6.45) is 4.16. The zero-order chi connectivity index (χ0) is 14.3. The van der Waals surface area contributed by atoms with Crippen molar-refractivity contribution in [1.82, 2.24) is 4.57 Å². The van der Waals surface area contributed by atoms with Crippen LogP contribution in [0.25, 0.3) is 0 Å². The molecule has 0 amide bonds. The van der Waals surface area contributed by atoms with Crippen LogP contribution in [0.4, 0.5) is 17.3 Å². The van der Waals surface area contributed by atoms with Gasteiger partial charge in [-0.1, -0.05) is 0 Å². The number of imidazole rings is 1. The molecule has 5 nitrogen and oxygen atoms in total. The van der Waals surface area contributed by atoms with E-state index in [1.807, 2.05) is 7.05 Å². The Kier molecular flexibility index (Phi) is 6.38. The minimum absolute atomic E-state index is 0.374. The van der Waals surface area contributed by atoms with Crippen LogP contribution < -0.4 is 4.57 Å². The molecule has 1 aromatic rings. The second-order valence-electron chi connectivity index (χ2n) is 3.17. The van der Waals surface area contributed by atoms with Gasteiger partial charge in [-0.05, 0) is 6.92 Å². The molecule has 0 saturated carbocycles. The van der Waals surface area contributed by atoms with Crippen LogP contribution in [0, 0.1) is 0 Å². The fraction of sp³-hybridized carbons (Fsp3) is 0.500. The maximum atomic E-state index is 10.7. The van der Waals surface area contributed by atoms with E-state index in [0.717, 1.165) is 0 Å². The Morgan fingerprint density at radius 3 is 2.28 bits per heavy atom. The lowest BCUT2D eigenvalue weighted by molar-refractivity contribution is -0.747. The van der Waals surface area contributed by atoms with E-state index >= 15 is 0 Å². The van der Waals surface area contributed by atoms with E-state index in [4.69, 9.17) is 9.84 Å². The molecule has 0 spiro atoms. The number of carboxylic acid groups (broad SMARTS) is 1. The highest BCUT2D eigenvalue weighted by molar-refractivity contribution is 6.50. The predicted molar refractivity (Wildman–Crippen MR) is 54.1 cm³/mol. The van der Waals surface area contributed by atoms with Crippen molar-refractivity contribution in [2.45, 2.75) is 13.2 Å². The summed E-state index contributed by atoms with van der Waals surface area (Å²) in [5.41, 5.74) is 0. The third-order valence-electron chi connectivity index (χ3n) is 1.60. The molecule has 1 N–H and O–H groups in total. The normalized spacial score (nSPS) is 12.6. The Bertz CT molecular complexity index is 377. The average Bonchev–Trinajstić information content (AvgIpc) is 2.57. The first kappa shape index (κ1) is 16.4. The number of halogens is 4. The molecule has 0 aliphatic rings. The molecule has 1 unspecified atom stereocenters. The van der Waals surface area contributed by atoms with Crippen LogP contribution in [-0.4, -0.2) is 29.5 Å².